The van der Waals surface area contributed by atoms with E-state index in [0.717, 1.165) is 48.1 Å². The molecule has 1 aliphatic rings. The van der Waals surface area contributed by atoms with Crippen molar-refractivity contribution in [3.8, 4) is 0 Å². The van der Waals surface area contributed by atoms with Crippen LogP contribution in [0.1, 0.15) is 88.0 Å². The number of nitrogens with one attached hydrogen (secondary N) is 1. The molecule has 1 aliphatic carbocycles. The zero-order valence-electron chi connectivity index (χ0n) is 17.5. The molecule has 0 radical (unpaired) electrons. The van der Waals surface area contributed by atoms with Gasteiger partial charge in [-0.05, 0) is 59.4 Å². The van der Waals surface area contributed by atoms with Gasteiger partial charge in [0.2, 0.25) is 0 Å². The molecule has 3 rings (SSSR count). The topological polar surface area (TPSA) is 85.8 Å². The smallest absolute Gasteiger partial charge is 0.252 e. The summed E-state index contributed by atoms with van der Waals surface area (Å²) < 4.78 is 1.95. The van der Waals surface area contributed by atoms with Crippen LogP contribution in [0, 0.1) is 6.92 Å². The molecule has 148 valence electrons. The van der Waals surface area contributed by atoms with E-state index >= 15 is 0 Å². The van der Waals surface area contributed by atoms with E-state index in [1.807, 2.05) is 17.7 Å². The molecule has 1 amide bonds. The van der Waals surface area contributed by atoms with Gasteiger partial charge in [-0.15, -0.1) is 0 Å². The number of nitrogens with two attached hydrogens (primary N) is 1. The summed E-state index contributed by atoms with van der Waals surface area (Å²) in [6.07, 6.45) is 3.92. The highest BCUT2D eigenvalue weighted by Crippen LogP contribution is 2.41. The van der Waals surface area contributed by atoms with Crippen LogP contribution in [-0.2, 0) is 5.54 Å². The first kappa shape index (κ1) is 19.8. The van der Waals surface area contributed by atoms with Crippen LogP contribution in [0.5, 0.6) is 0 Å². The Kier molecular flexibility index (Phi) is 5.06. The Bertz CT molecular complexity index is 854. The van der Waals surface area contributed by atoms with Crippen molar-refractivity contribution in [3.05, 3.63) is 23.0 Å². The molecule has 6 heteroatoms. The number of hydrogen-bond donors (Lipinski definition) is 2. The summed E-state index contributed by atoms with van der Waals surface area (Å²) in [4.78, 5) is 18.0. The van der Waals surface area contributed by atoms with E-state index in [-0.39, 0.29) is 17.0 Å². The second kappa shape index (κ2) is 6.89. The third-order valence-corrected chi connectivity index (χ3v) is 5.72. The van der Waals surface area contributed by atoms with Gasteiger partial charge in [0.05, 0.1) is 22.2 Å². The molecule has 2 aromatic rings. The molecule has 0 unspecified atom stereocenters. The summed E-state index contributed by atoms with van der Waals surface area (Å²) in [5.41, 5.74) is 9.12. The van der Waals surface area contributed by atoms with E-state index < -0.39 is 0 Å². The third kappa shape index (κ3) is 3.86. The van der Waals surface area contributed by atoms with E-state index in [2.05, 4.69) is 39.9 Å². The second-order valence-electron chi connectivity index (χ2n) is 8.99. The van der Waals surface area contributed by atoms with Crippen LogP contribution in [0.25, 0.3) is 11.0 Å². The maximum absolute atomic E-state index is 13.1. The summed E-state index contributed by atoms with van der Waals surface area (Å²) in [6.45, 7) is 12.9. The van der Waals surface area contributed by atoms with Crippen molar-refractivity contribution in [1.29, 1.82) is 0 Å². The van der Waals surface area contributed by atoms with Crippen molar-refractivity contribution in [3.63, 3.8) is 0 Å². The number of fused-ring (bicyclic) bond motifs is 1. The Hall–Kier alpha value is -1.95. The van der Waals surface area contributed by atoms with Crippen molar-refractivity contribution in [2.75, 3.05) is 6.54 Å². The number of amides is 1. The molecule has 2 aromatic heterocycles. The lowest BCUT2D eigenvalue weighted by Gasteiger charge is -2.27. The first-order chi connectivity index (χ1) is 12.6. The Morgan fingerprint density at radius 2 is 1.93 bits per heavy atom. The minimum absolute atomic E-state index is 0.0856. The number of aromatic nitrogens is 3. The number of rotatable bonds is 6. The minimum atomic E-state index is -0.369. The van der Waals surface area contributed by atoms with E-state index in [9.17, 15) is 4.79 Å². The first-order valence-corrected chi connectivity index (χ1v) is 10.1. The predicted molar refractivity (Wildman–Crippen MR) is 109 cm³/mol. The van der Waals surface area contributed by atoms with Crippen LogP contribution < -0.4 is 11.1 Å². The van der Waals surface area contributed by atoms with Crippen LogP contribution >= 0.6 is 0 Å². The van der Waals surface area contributed by atoms with Gasteiger partial charge in [0.15, 0.2) is 5.65 Å². The van der Waals surface area contributed by atoms with Gasteiger partial charge >= 0.3 is 0 Å². The maximum Gasteiger partial charge on any atom is 0.252 e. The van der Waals surface area contributed by atoms with Gasteiger partial charge in [0.25, 0.3) is 5.91 Å². The standard InChI is InChI=1S/C21H33N5O/c1-7-21(22,8-2)12-23-19(27)15-11-16(14-9-10-14)24-18-17(15)13(3)25-26(18)20(4,5)6/h11,14H,7-10,12,22H2,1-6H3,(H,23,27). The Morgan fingerprint density at radius 1 is 1.30 bits per heavy atom. The molecule has 2 heterocycles. The summed E-state index contributed by atoms with van der Waals surface area (Å²) in [6, 6.07) is 1.97. The third-order valence-electron chi connectivity index (χ3n) is 5.72. The number of carbonyl (C=O) groups excluding carboxylic acids is 1. The molecule has 0 bridgehead atoms. The van der Waals surface area contributed by atoms with Crippen LogP contribution in [0.3, 0.4) is 0 Å². The molecule has 1 saturated carbocycles. The van der Waals surface area contributed by atoms with Crippen molar-refractivity contribution in [2.24, 2.45) is 5.73 Å². The maximum atomic E-state index is 13.1. The highest BCUT2D eigenvalue weighted by Gasteiger charge is 2.31. The molecule has 3 N–H and O–H groups in total. The fraction of sp³-hybridized carbons (Fsp3) is 0.667. The van der Waals surface area contributed by atoms with Gasteiger partial charge in [-0.1, -0.05) is 13.8 Å². The summed E-state index contributed by atoms with van der Waals surface area (Å²) >= 11 is 0. The normalized spacial score (nSPS) is 15.4. The minimum Gasteiger partial charge on any atom is -0.350 e. The van der Waals surface area contributed by atoms with E-state index in [4.69, 9.17) is 15.8 Å². The fourth-order valence-corrected chi connectivity index (χ4v) is 3.39. The summed E-state index contributed by atoms with van der Waals surface area (Å²) in [5.74, 6) is 0.377. The molecule has 0 saturated heterocycles. The second-order valence-corrected chi connectivity index (χ2v) is 8.99. The lowest BCUT2D eigenvalue weighted by molar-refractivity contribution is 0.0943. The molecular formula is C21H33N5O. The highest BCUT2D eigenvalue weighted by atomic mass is 16.1. The first-order valence-electron chi connectivity index (χ1n) is 10.1. The van der Waals surface area contributed by atoms with Gasteiger partial charge in [0, 0.05) is 23.7 Å². The van der Waals surface area contributed by atoms with Gasteiger partial charge in [0.1, 0.15) is 0 Å². The van der Waals surface area contributed by atoms with Crippen LogP contribution in [0.2, 0.25) is 0 Å². The number of aryl methyl sites for hydroxylation is 1. The van der Waals surface area contributed by atoms with Crippen molar-refractivity contribution >= 4 is 16.9 Å². The summed E-state index contributed by atoms with van der Waals surface area (Å²) in [5, 5.41) is 8.63. The van der Waals surface area contributed by atoms with Crippen LogP contribution in [0.4, 0.5) is 0 Å². The molecular weight excluding hydrogens is 338 g/mol. The average Bonchev–Trinajstić information content (AvgIpc) is 3.41. The molecule has 0 atom stereocenters. The largest absolute Gasteiger partial charge is 0.350 e. The number of carbonyl (C=O) groups is 1. The van der Waals surface area contributed by atoms with E-state index in [0.29, 0.717) is 18.0 Å². The quantitative estimate of drug-likeness (QED) is 0.812. The lowest BCUT2D eigenvalue weighted by Crippen LogP contribution is -2.49. The molecule has 0 aliphatic heterocycles. The van der Waals surface area contributed by atoms with Crippen molar-refractivity contribution in [2.45, 2.75) is 84.2 Å². The van der Waals surface area contributed by atoms with Gasteiger partial charge in [-0.3, -0.25) is 4.79 Å². The molecule has 6 nitrogen and oxygen atoms in total. The zero-order chi connectivity index (χ0) is 20.0. The number of pyridine rings is 1. The van der Waals surface area contributed by atoms with Crippen molar-refractivity contribution < 1.29 is 4.79 Å². The van der Waals surface area contributed by atoms with Crippen LogP contribution in [-0.4, -0.2) is 32.8 Å². The Labute approximate surface area is 161 Å². The van der Waals surface area contributed by atoms with E-state index in [1.165, 1.54) is 0 Å². The fourth-order valence-electron chi connectivity index (χ4n) is 3.39. The monoisotopic (exact) mass is 371 g/mol. The predicted octanol–water partition coefficient (Wildman–Crippen LogP) is 3.62. The van der Waals surface area contributed by atoms with Crippen LogP contribution in [0.15, 0.2) is 6.07 Å². The van der Waals surface area contributed by atoms with Crippen molar-refractivity contribution in [1.82, 2.24) is 20.1 Å². The Morgan fingerprint density at radius 3 is 2.44 bits per heavy atom. The van der Waals surface area contributed by atoms with Gasteiger partial charge < -0.3 is 11.1 Å². The summed E-state index contributed by atoms with van der Waals surface area (Å²) in [7, 11) is 0. The van der Waals surface area contributed by atoms with Gasteiger partial charge in [-0.2, -0.15) is 5.10 Å². The lowest BCUT2D eigenvalue weighted by atomic mass is 9.94. The highest BCUT2D eigenvalue weighted by molar-refractivity contribution is 6.06. The SMILES string of the molecule is CCC(N)(CC)CNC(=O)c1cc(C2CC2)nc2c1c(C)nn2C(C)(C)C. The molecule has 27 heavy (non-hydrogen) atoms. The Balaban J connectivity index is 2.06. The molecule has 1 fully saturated rings. The van der Waals surface area contributed by atoms with Gasteiger partial charge in [-0.25, -0.2) is 9.67 Å². The molecule has 0 aromatic carbocycles. The van der Waals surface area contributed by atoms with E-state index in [1.54, 1.807) is 0 Å². The molecule has 0 spiro atoms. The number of nitrogens with zero attached hydrogens (tertiary/aromatic N) is 3. The number of hydrogen-bond acceptors (Lipinski definition) is 4. The average molecular weight is 372 g/mol. The zero-order valence-corrected chi connectivity index (χ0v) is 17.5.